The first kappa shape index (κ1) is 18.7. The number of H-pyrrole nitrogens is 2. The lowest BCUT2D eigenvalue weighted by atomic mass is 10.1. The van der Waals surface area contributed by atoms with Crippen molar-refractivity contribution in [2.24, 2.45) is 0 Å². The molecule has 1 aliphatic rings. The number of hydrogen-bond acceptors (Lipinski definition) is 4. The van der Waals surface area contributed by atoms with Gasteiger partial charge in [0.15, 0.2) is 0 Å². The fraction of sp³-hybridized carbons (Fsp3) is 0.350. The number of pyridine rings is 1. The van der Waals surface area contributed by atoms with Crippen LogP contribution >= 0.6 is 0 Å². The molecule has 0 spiro atoms. The third-order valence-electron chi connectivity index (χ3n) is 5.49. The number of terminal acetylenes is 1. The Kier molecular flexibility index (Phi) is 4.75. The highest BCUT2D eigenvalue weighted by Gasteiger charge is 2.30. The van der Waals surface area contributed by atoms with Crippen molar-refractivity contribution in [3.8, 4) is 12.3 Å². The van der Waals surface area contributed by atoms with E-state index in [9.17, 15) is 13.2 Å². The molecule has 146 valence electrons. The van der Waals surface area contributed by atoms with Crippen LogP contribution < -0.4 is 5.56 Å². The molecule has 2 aromatic heterocycles. The number of likely N-dealkylation sites (N-methyl/N-ethyl adjacent to an activating group) is 1. The summed E-state index contributed by atoms with van der Waals surface area (Å²) in [7, 11) is -1.76. The second kappa shape index (κ2) is 7.09. The number of likely N-dealkylation sites (tertiary alicyclic amines) is 1. The van der Waals surface area contributed by atoms with Crippen LogP contribution in [0.25, 0.3) is 21.8 Å². The Morgan fingerprint density at radius 1 is 1.32 bits per heavy atom. The second-order valence-corrected chi connectivity index (χ2v) is 9.14. The van der Waals surface area contributed by atoms with Crippen molar-refractivity contribution in [1.82, 2.24) is 19.2 Å². The van der Waals surface area contributed by atoms with Gasteiger partial charge < -0.3 is 14.9 Å². The highest BCUT2D eigenvalue weighted by molar-refractivity contribution is 7.89. The van der Waals surface area contributed by atoms with Gasteiger partial charge in [0.05, 0.1) is 11.4 Å². The molecule has 0 amide bonds. The zero-order valence-electron chi connectivity index (χ0n) is 15.6. The third-order valence-corrected chi connectivity index (χ3v) is 7.30. The average molecular weight is 398 g/mol. The average Bonchev–Trinajstić information content (AvgIpc) is 3.31. The van der Waals surface area contributed by atoms with Crippen molar-refractivity contribution in [2.75, 3.05) is 26.7 Å². The number of nitrogens with zero attached hydrogens (tertiary/aromatic N) is 2. The number of sulfonamides is 1. The minimum absolute atomic E-state index is 0.0237. The maximum atomic E-state index is 13.3. The minimum Gasteiger partial charge on any atom is -0.357 e. The lowest BCUT2D eigenvalue weighted by Gasteiger charge is -2.27. The van der Waals surface area contributed by atoms with Gasteiger partial charge in [-0.2, -0.15) is 4.31 Å². The molecule has 0 bridgehead atoms. The smallest absolute Gasteiger partial charge is 0.272 e. The van der Waals surface area contributed by atoms with E-state index < -0.39 is 10.0 Å². The molecule has 1 saturated heterocycles. The monoisotopic (exact) mass is 398 g/mol. The largest absolute Gasteiger partial charge is 0.357 e. The zero-order chi connectivity index (χ0) is 19.9. The van der Waals surface area contributed by atoms with Crippen LogP contribution in [0.3, 0.4) is 0 Å². The van der Waals surface area contributed by atoms with Crippen molar-refractivity contribution in [1.29, 1.82) is 0 Å². The first-order valence-electron chi connectivity index (χ1n) is 9.19. The summed E-state index contributed by atoms with van der Waals surface area (Å²) in [6.45, 7) is 1.35. The van der Waals surface area contributed by atoms with Gasteiger partial charge in [-0.05, 0) is 50.7 Å². The van der Waals surface area contributed by atoms with E-state index in [1.165, 1.54) is 10.4 Å². The fourth-order valence-electron chi connectivity index (χ4n) is 3.93. The van der Waals surface area contributed by atoms with E-state index in [2.05, 4.69) is 20.8 Å². The Balaban J connectivity index is 1.78. The Hall–Kier alpha value is -2.60. The highest BCUT2D eigenvalue weighted by atomic mass is 32.2. The molecule has 2 N–H and O–H groups in total. The van der Waals surface area contributed by atoms with Crippen LogP contribution in [0.2, 0.25) is 0 Å². The Bertz CT molecular complexity index is 1240. The van der Waals surface area contributed by atoms with Crippen molar-refractivity contribution >= 4 is 31.8 Å². The number of rotatable bonds is 5. The normalized spacial score (nSPS) is 18.2. The van der Waals surface area contributed by atoms with Gasteiger partial charge in [-0.15, -0.1) is 6.42 Å². The second-order valence-electron chi connectivity index (χ2n) is 7.21. The summed E-state index contributed by atoms with van der Waals surface area (Å²) >= 11 is 0. The van der Waals surface area contributed by atoms with Crippen LogP contribution in [-0.4, -0.2) is 60.3 Å². The third kappa shape index (κ3) is 3.11. The SMILES string of the molecule is C#CCN(C[C@@H]1CCCN1C)S(=O)(=O)c1ccc2[nH]c(=O)c3[nH]ccc3c2c1. The minimum atomic E-state index is -3.77. The summed E-state index contributed by atoms with van der Waals surface area (Å²) in [4.78, 5) is 20.1. The van der Waals surface area contributed by atoms with E-state index in [4.69, 9.17) is 6.42 Å². The van der Waals surface area contributed by atoms with Crippen LogP contribution in [0.1, 0.15) is 12.8 Å². The molecule has 7 nitrogen and oxygen atoms in total. The van der Waals surface area contributed by atoms with E-state index >= 15 is 0 Å². The standard InChI is InChI=1S/C20H22N4O3S/c1-3-10-24(13-14-5-4-11-23(14)2)28(26,27)15-6-7-18-17(12-15)16-8-9-21-19(16)20(25)22-18/h1,6-9,12,14,21H,4-5,10-11,13H2,2H3,(H,22,25)/t14-/m0/s1. The van der Waals surface area contributed by atoms with Crippen LogP contribution in [-0.2, 0) is 10.0 Å². The van der Waals surface area contributed by atoms with Crippen LogP contribution in [0.5, 0.6) is 0 Å². The molecule has 0 unspecified atom stereocenters. The maximum Gasteiger partial charge on any atom is 0.272 e. The van der Waals surface area contributed by atoms with Crippen LogP contribution in [0.4, 0.5) is 0 Å². The predicted molar refractivity (Wildman–Crippen MR) is 110 cm³/mol. The number of aromatic nitrogens is 2. The van der Waals surface area contributed by atoms with Crippen LogP contribution in [0.15, 0.2) is 40.2 Å². The van der Waals surface area contributed by atoms with Gasteiger partial charge in [-0.25, -0.2) is 8.42 Å². The van der Waals surface area contributed by atoms with E-state index in [1.807, 2.05) is 7.05 Å². The summed E-state index contributed by atoms with van der Waals surface area (Å²) < 4.78 is 28.0. The molecule has 1 aliphatic heterocycles. The molecule has 28 heavy (non-hydrogen) atoms. The van der Waals surface area contributed by atoms with Crippen molar-refractivity contribution in [3.05, 3.63) is 40.8 Å². The predicted octanol–water partition coefficient (Wildman–Crippen LogP) is 1.73. The Morgan fingerprint density at radius 3 is 2.86 bits per heavy atom. The lowest BCUT2D eigenvalue weighted by Crippen LogP contribution is -2.41. The van der Waals surface area contributed by atoms with Crippen LogP contribution in [0, 0.1) is 12.3 Å². The fourth-order valence-corrected chi connectivity index (χ4v) is 5.34. The van der Waals surface area contributed by atoms with Crippen molar-refractivity contribution in [3.63, 3.8) is 0 Å². The molecular formula is C20H22N4O3S. The zero-order valence-corrected chi connectivity index (χ0v) is 16.4. The van der Waals surface area contributed by atoms with Crippen molar-refractivity contribution in [2.45, 2.75) is 23.8 Å². The number of nitrogens with one attached hydrogen (secondary N) is 2. The van der Waals surface area contributed by atoms with E-state index in [0.717, 1.165) is 19.4 Å². The van der Waals surface area contributed by atoms with Gasteiger partial charge in [-0.1, -0.05) is 5.92 Å². The quantitative estimate of drug-likeness (QED) is 0.641. The van der Waals surface area contributed by atoms with Gasteiger partial charge in [0.1, 0.15) is 5.52 Å². The Labute approximate surface area is 163 Å². The molecule has 4 rings (SSSR count). The molecule has 1 fully saturated rings. The van der Waals surface area contributed by atoms with E-state index in [0.29, 0.717) is 28.4 Å². The Morgan fingerprint density at radius 2 is 2.14 bits per heavy atom. The topological polar surface area (TPSA) is 89.3 Å². The lowest BCUT2D eigenvalue weighted by molar-refractivity contribution is 0.265. The number of aromatic amines is 2. The first-order valence-corrected chi connectivity index (χ1v) is 10.6. The molecule has 1 atom stereocenters. The summed E-state index contributed by atoms with van der Waals surface area (Å²) in [5, 5.41) is 1.37. The van der Waals surface area contributed by atoms with Gasteiger partial charge >= 0.3 is 0 Å². The molecule has 3 heterocycles. The van der Waals surface area contributed by atoms with Gasteiger partial charge in [0.2, 0.25) is 10.0 Å². The molecule has 0 aliphatic carbocycles. The molecular weight excluding hydrogens is 376 g/mol. The first-order chi connectivity index (χ1) is 13.4. The molecule has 1 aromatic carbocycles. The summed E-state index contributed by atoms with van der Waals surface area (Å²) in [6, 6.07) is 6.70. The van der Waals surface area contributed by atoms with Gasteiger partial charge in [0, 0.05) is 35.1 Å². The van der Waals surface area contributed by atoms with E-state index in [1.54, 1.807) is 24.4 Å². The molecule has 3 aromatic rings. The van der Waals surface area contributed by atoms with Crippen molar-refractivity contribution < 1.29 is 8.42 Å². The number of fused-ring (bicyclic) bond motifs is 3. The van der Waals surface area contributed by atoms with Gasteiger partial charge in [0.25, 0.3) is 5.56 Å². The molecule has 0 saturated carbocycles. The van der Waals surface area contributed by atoms with E-state index in [-0.39, 0.29) is 23.0 Å². The molecule has 8 heteroatoms. The molecule has 0 radical (unpaired) electrons. The number of hydrogen-bond donors (Lipinski definition) is 2. The highest BCUT2D eigenvalue weighted by Crippen LogP contribution is 2.26. The van der Waals surface area contributed by atoms with Gasteiger partial charge in [-0.3, -0.25) is 4.79 Å². The number of benzene rings is 1. The summed E-state index contributed by atoms with van der Waals surface area (Å²) in [6.07, 6.45) is 9.14. The maximum absolute atomic E-state index is 13.3. The summed E-state index contributed by atoms with van der Waals surface area (Å²) in [5.74, 6) is 2.48. The summed E-state index contributed by atoms with van der Waals surface area (Å²) in [5.41, 5.74) is 0.784.